The van der Waals surface area contributed by atoms with Crippen LogP contribution in [-0.2, 0) is 22.9 Å². The van der Waals surface area contributed by atoms with Crippen molar-refractivity contribution >= 4 is 26.7 Å². The molecule has 0 bridgehead atoms. The van der Waals surface area contributed by atoms with Crippen LogP contribution in [0.5, 0.6) is 0 Å². The van der Waals surface area contributed by atoms with Crippen molar-refractivity contribution in [2.45, 2.75) is 24.2 Å². The van der Waals surface area contributed by atoms with Crippen LogP contribution in [0.4, 0.5) is 5.69 Å². The number of hydrogen-bond donors (Lipinski definition) is 0. The first-order chi connectivity index (χ1) is 13.4. The quantitative estimate of drug-likeness (QED) is 0.661. The van der Waals surface area contributed by atoms with Gasteiger partial charge in [-0.25, -0.2) is 12.4 Å². The molecule has 1 aliphatic rings. The maximum atomic E-state index is 13.5. The SMILES string of the molecule is CN(C)CCc1cn(S(=O)(=O)c2ccc3c(c2)CCCN3C)c2cccnc12. The summed E-state index contributed by atoms with van der Waals surface area (Å²) < 4.78 is 28.4. The van der Waals surface area contributed by atoms with Crippen LogP contribution < -0.4 is 4.90 Å². The number of benzene rings is 1. The van der Waals surface area contributed by atoms with E-state index in [1.54, 1.807) is 24.5 Å². The highest BCUT2D eigenvalue weighted by atomic mass is 32.2. The van der Waals surface area contributed by atoms with Crippen LogP contribution in [0, 0.1) is 0 Å². The fourth-order valence-electron chi connectivity index (χ4n) is 3.86. The second-order valence-corrected chi connectivity index (χ2v) is 9.51. The molecule has 0 aliphatic carbocycles. The third-order valence-corrected chi connectivity index (χ3v) is 7.06. The summed E-state index contributed by atoms with van der Waals surface area (Å²) in [7, 11) is 2.38. The molecule has 7 heteroatoms. The third kappa shape index (κ3) is 3.29. The lowest BCUT2D eigenvalue weighted by Gasteiger charge is -2.27. The Morgan fingerprint density at radius 1 is 1.21 bits per heavy atom. The molecule has 0 radical (unpaired) electrons. The molecule has 0 N–H and O–H groups in total. The largest absolute Gasteiger partial charge is 0.374 e. The predicted molar refractivity (Wildman–Crippen MR) is 113 cm³/mol. The number of rotatable bonds is 5. The molecule has 3 heterocycles. The highest BCUT2D eigenvalue weighted by molar-refractivity contribution is 7.90. The van der Waals surface area contributed by atoms with Crippen LogP contribution >= 0.6 is 0 Å². The number of likely N-dealkylation sites (N-methyl/N-ethyl adjacent to an activating group) is 1. The molecular formula is C21H26N4O2S. The minimum absolute atomic E-state index is 0.335. The second-order valence-electron chi connectivity index (χ2n) is 7.70. The Morgan fingerprint density at radius 2 is 2.04 bits per heavy atom. The average molecular weight is 399 g/mol. The first kappa shape index (κ1) is 19.0. The van der Waals surface area contributed by atoms with E-state index in [1.165, 1.54) is 3.97 Å². The van der Waals surface area contributed by atoms with Gasteiger partial charge in [0.2, 0.25) is 0 Å². The van der Waals surface area contributed by atoms with Crippen LogP contribution in [0.1, 0.15) is 17.5 Å². The molecule has 0 saturated carbocycles. The first-order valence-corrected chi connectivity index (χ1v) is 11.0. The van der Waals surface area contributed by atoms with Crippen LogP contribution in [0.15, 0.2) is 47.6 Å². The molecule has 1 aromatic carbocycles. The van der Waals surface area contributed by atoms with Gasteiger partial charge in [-0.2, -0.15) is 0 Å². The van der Waals surface area contributed by atoms with Crippen molar-refractivity contribution < 1.29 is 8.42 Å². The monoisotopic (exact) mass is 398 g/mol. The predicted octanol–water partition coefficient (Wildman–Crippen LogP) is 2.76. The molecule has 2 aromatic heterocycles. The lowest BCUT2D eigenvalue weighted by Crippen LogP contribution is -2.25. The van der Waals surface area contributed by atoms with Crippen LogP contribution in [-0.4, -0.2) is 56.5 Å². The van der Waals surface area contributed by atoms with Gasteiger partial charge in [-0.3, -0.25) is 4.98 Å². The van der Waals surface area contributed by atoms with E-state index < -0.39 is 10.0 Å². The Balaban J connectivity index is 1.81. The number of aromatic nitrogens is 2. The van der Waals surface area contributed by atoms with Crippen molar-refractivity contribution in [2.24, 2.45) is 0 Å². The third-order valence-electron chi connectivity index (χ3n) is 5.39. The molecule has 0 amide bonds. The summed E-state index contributed by atoms with van der Waals surface area (Å²) in [4.78, 5) is 9.06. The Kier molecular flexibility index (Phi) is 4.89. The van der Waals surface area contributed by atoms with Gasteiger partial charge in [0, 0.05) is 38.2 Å². The average Bonchev–Trinajstić information content (AvgIpc) is 3.06. The van der Waals surface area contributed by atoms with Gasteiger partial charge in [0.25, 0.3) is 10.0 Å². The van der Waals surface area contributed by atoms with Gasteiger partial charge in [0.05, 0.1) is 15.9 Å². The van der Waals surface area contributed by atoms with Gasteiger partial charge in [-0.15, -0.1) is 0 Å². The maximum absolute atomic E-state index is 13.5. The van der Waals surface area contributed by atoms with Crippen molar-refractivity contribution in [1.82, 2.24) is 13.9 Å². The van der Waals surface area contributed by atoms with E-state index in [1.807, 2.05) is 39.3 Å². The number of aryl methyl sites for hydroxylation is 1. The molecule has 0 spiro atoms. The zero-order chi connectivity index (χ0) is 19.9. The topological polar surface area (TPSA) is 58.4 Å². The first-order valence-electron chi connectivity index (χ1n) is 9.57. The fourth-order valence-corrected chi connectivity index (χ4v) is 5.29. The van der Waals surface area contributed by atoms with Gasteiger partial charge >= 0.3 is 0 Å². The second kappa shape index (κ2) is 7.22. The molecule has 0 saturated heterocycles. The molecule has 148 valence electrons. The molecular weight excluding hydrogens is 372 g/mol. The van der Waals surface area contributed by atoms with Crippen LogP contribution in [0.2, 0.25) is 0 Å². The number of anilines is 1. The van der Waals surface area contributed by atoms with E-state index in [2.05, 4.69) is 14.8 Å². The lowest BCUT2D eigenvalue weighted by atomic mass is 10.0. The van der Waals surface area contributed by atoms with Crippen molar-refractivity contribution in [2.75, 3.05) is 39.1 Å². The summed E-state index contributed by atoms with van der Waals surface area (Å²) in [5.74, 6) is 0. The van der Waals surface area contributed by atoms with Crippen LogP contribution in [0.25, 0.3) is 11.0 Å². The summed E-state index contributed by atoms with van der Waals surface area (Å²) >= 11 is 0. The van der Waals surface area contributed by atoms with Crippen molar-refractivity contribution in [1.29, 1.82) is 0 Å². The zero-order valence-electron chi connectivity index (χ0n) is 16.6. The van der Waals surface area contributed by atoms with E-state index >= 15 is 0 Å². The Hall–Kier alpha value is -2.38. The molecule has 0 atom stereocenters. The molecule has 28 heavy (non-hydrogen) atoms. The number of pyridine rings is 1. The van der Waals surface area contributed by atoms with E-state index in [4.69, 9.17) is 0 Å². The fraction of sp³-hybridized carbons (Fsp3) is 0.381. The summed E-state index contributed by atoms with van der Waals surface area (Å²) in [5, 5.41) is 0. The van der Waals surface area contributed by atoms with Gasteiger partial charge in [0.15, 0.2) is 0 Å². The summed E-state index contributed by atoms with van der Waals surface area (Å²) in [6, 6.07) is 9.09. The molecule has 0 fully saturated rings. The van der Waals surface area contributed by atoms with Gasteiger partial charge in [-0.05, 0) is 74.8 Å². The number of fused-ring (bicyclic) bond motifs is 2. The Morgan fingerprint density at radius 3 is 2.82 bits per heavy atom. The number of hydrogen-bond acceptors (Lipinski definition) is 5. The Labute approximate surface area is 166 Å². The Bertz CT molecular complexity index is 1120. The highest BCUT2D eigenvalue weighted by Gasteiger charge is 2.24. The van der Waals surface area contributed by atoms with E-state index in [9.17, 15) is 8.42 Å². The summed E-state index contributed by atoms with van der Waals surface area (Å²) in [6.07, 6.45) is 6.15. The smallest absolute Gasteiger partial charge is 0.268 e. The molecule has 0 unspecified atom stereocenters. The van der Waals surface area contributed by atoms with E-state index in [0.717, 1.165) is 54.7 Å². The molecule has 1 aliphatic heterocycles. The van der Waals surface area contributed by atoms with E-state index in [0.29, 0.717) is 10.4 Å². The summed E-state index contributed by atoms with van der Waals surface area (Å²) in [6.45, 7) is 1.84. The normalized spacial score (nSPS) is 14.6. The van der Waals surface area contributed by atoms with Crippen LogP contribution in [0.3, 0.4) is 0 Å². The molecule has 4 rings (SSSR count). The maximum Gasteiger partial charge on any atom is 0.268 e. The van der Waals surface area contributed by atoms with Gasteiger partial charge in [0.1, 0.15) is 0 Å². The minimum Gasteiger partial charge on any atom is -0.374 e. The minimum atomic E-state index is -3.69. The van der Waals surface area contributed by atoms with Crippen molar-refractivity contribution in [3.05, 3.63) is 53.9 Å². The number of nitrogens with zero attached hydrogens (tertiary/aromatic N) is 4. The van der Waals surface area contributed by atoms with Crippen molar-refractivity contribution in [3.63, 3.8) is 0 Å². The lowest BCUT2D eigenvalue weighted by molar-refractivity contribution is 0.414. The summed E-state index contributed by atoms with van der Waals surface area (Å²) in [5.41, 5.74) is 4.55. The highest BCUT2D eigenvalue weighted by Crippen LogP contribution is 2.31. The van der Waals surface area contributed by atoms with Gasteiger partial charge in [-0.1, -0.05) is 0 Å². The molecule has 3 aromatic rings. The zero-order valence-corrected chi connectivity index (χ0v) is 17.4. The van der Waals surface area contributed by atoms with Gasteiger partial charge < -0.3 is 9.80 Å². The van der Waals surface area contributed by atoms with E-state index in [-0.39, 0.29) is 0 Å². The standard InChI is InChI=1S/C21H26N4O2S/c1-23(2)13-10-17-15-25(20-7-4-11-22-21(17)20)28(26,27)18-8-9-19-16(14-18)6-5-12-24(19)3/h4,7-9,11,14-15H,5-6,10,12-13H2,1-3H3. The molecule has 6 nitrogen and oxygen atoms in total. The van der Waals surface area contributed by atoms with Crippen molar-refractivity contribution in [3.8, 4) is 0 Å².